The van der Waals surface area contributed by atoms with Crippen LogP contribution >= 0.6 is 0 Å². The molecule has 2 nitrogen and oxygen atoms in total. The molecule has 0 fully saturated rings. The third-order valence-corrected chi connectivity index (χ3v) is 6.45. The molecule has 2 aromatic rings. The van der Waals surface area contributed by atoms with Gasteiger partial charge in [-0.05, 0) is 47.9 Å². The molecule has 0 saturated carbocycles. The SMILES string of the molecule is CC.CCCC1(C2=CCN(C(C)=O)CC2)c2ccccc2CCc2ccccc21. The van der Waals surface area contributed by atoms with Crippen molar-refractivity contribution < 1.29 is 4.79 Å². The standard InChI is InChI=1S/C25H29NO.C2H6/c1-3-16-25(22-14-17-26(18-15-22)19(2)27)23-10-6-4-8-20(23)12-13-21-9-5-7-11-24(21)25;1-2/h4-11,14H,3,12-13,15-18H2,1-2H3;1-2H3. The molecule has 4 rings (SSSR count). The number of amides is 1. The first-order valence-electron chi connectivity index (χ1n) is 11.3. The maximum Gasteiger partial charge on any atom is 0.219 e. The normalized spacial score (nSPS) is 17.1. The first-order valence-corrected chi connectivity index (χ1v) is 11.3. The summed E-state index contributed by atoms with van der Waals surface area (Å²) < 4.78 is 0. The summed E-state index contributed by atoms with van der Waals surface area (Å²) in [4.78, 5) is 13.8. The second-order valence-corrected chi connectivity index (χ2v) is 7.91. The lowest BCUT2D eigenvalue weighted by Gasteiger charge is -2.42. The maximum absolute atomic E-state index is 11.8. The van der Waals surface area contributed by atoms with E-state index in [1.54, 1.807) is 6.92 Å². The van der Waals surface area contributed by atoms with Crippen LogP contribution < -0.4 is 0 Å². The van der Waals surface area contributed by atoms with Crippen LogP contribution in [0.15, 0.2) is 60.2 Å². The van der Waals surface area contributed by atoms with Gasteiger partial charge in [-0.25, -0.2) is 0 Å². The molecule has 2 heteroatoms. The van der Waals surface area contributed by atoms with Gasteiger partial charge >= 0.3 is 0 Å². The van der Waals surface area contributed by atoms with E-state index in [9.17, 15) is 4.79 Å². The van der Waals surface area contributed by atoms with E-state index >= 15 is 0 Å². The third-order valence-electron chi connectivity index (χ3n) is 6.45. The molecule has 154 valence electrons. The molecule has 1 heterocycles. The van der Waals surface area contributed by atoms with Crippen LogP contribution in [0.3, 0.4) is 0 Å². The van der Waals surface area contributed by atoms with Crippen molar-refractivity contribution in [3.63, 3.8) is 0 Å². The Morgan fingerprint density at radius 2 is 1.48 bits per heavy atom. The zero-order valence-corrected chi connectivity index (χ0v) is 18.5. The van der Waals surface area contributed by atoms with Crippen molar-refractivity contribution in [2.24, 2.45) is 0 Å². The minimum Gasteiger partial charge on any atom is -0.339 e. The van der Waals surface area contributed by atoms with Crippen molar-refractivity contribution in [1.82, 2.24) is 4.90 Å². The van der Waals surface area contributed by atoms with E-state index in [4.69, 9.17) is 0 Å². The second kappa shape index (κ2) is 9.43. The summed E-state index contributed by atoms with van der Waals surface area (Å²) >= 11 is 0. The minimum atomic E-state index is -0.0543. The van der Waals surface area contributed by atoms with E-state index in [2.05, 4.69) is 61.5 Å². The van der Waals surface area contributed by atoms with Gasteiger partial charge in [0.2, 0.25) is 5.91 Å². The van der Waals surface area contributed by atoms with Crippen LogP contribution in [0, 0.1) is 0 Å². The van der Waals surface area contributed by atoms with Gasteiger partial charge in [0, 0.05) is 25.4 Å². The van der Waals surface area contributed by atoms with Gasteiger partial charge in [-0.15, -0.1) is 0 Å². The van der Waals surface area contributed by atoms with E-state index in [0.717, 1.165) is 45.2 Å². The topological polar surface area (TPSA) is 20.3 Å². The molecule has 0 spiro atoms. The van der Waals surface area contributed by atoms with Crippen LogP contribution in [0.2, 0.25) is 0 Å². The predicted molar refractivity (Wildman–Crippen MR) is 122 cm³/mol. The zero-order valence-electron chi connectivity index (χ0n) is 18.5. The molecule has 0 N–H and O–H groups in total. The van der Waals surface area contributed by atoms with Gasteiger partial charge in [-0.1, -0.05) is 87.4 Å². The first kappa shape index (κ1) is 21.4. The quantitative estimate of drug-likeness (QED) is 0.583. The molecule has 1 aliphatic carbocycles. The van der Waals surface area contributed by atoms with Gasteiger partial charge in [0.15, 0.2) is 0 Å². The van der Waals surface area contributed by atoms with Crippen LogP contribution in [0.5, 0.6) is 0 Å². The molecule has 29 heavy (non-hydrogen) atoms. The third kappa shape index (κ3) is 3.90. The lowest BCUT2D eigenvalue weighted by atomic mass is 9.63. The Balaban J connectivity index is 0.00000117. The fraction of sp³-hybridized carbons (Fsp3) is 0.444. The molecule has 2 aromatic carbocycles. The number of rotatable bonds is 3. The molecular weight excluding hydrogens is 354 g/mol. The van der Waals surface area contributed by atoms with Gasteiger partial charge in [0.05, 0.1) is 0 Å². The molecule has 0 unspecified atom stereocenters. The number of hydrogen-bond donors (Lipinski definition) is 0. The summed E-state index contributed by atoms with van der Waals surface area (Å²) in [6.07, 6.45) is 7.77. The van der Waals surface area contributed by atoms with E-state index in [1.165, 1.54) is 27.8 Å². The summed E-state index contributed by atoms with van der Waals surface area (Å²) in [7, 11) is 0. The number of aryl methyl sites for hydroxylation is 2. The Labute approximate surface area is 176 Å². The lowest BCUT2D eigenvalue weighted by Crippen LogP contribution is -2.39. The van der Waals surface area contributed by atoms with Crippen LogP contribution in [0.25, 0.3) is 0 Å². The summed E-state index contributed by atoms with van der Waals surface area (Å²) in [6.45, 7) is 9.54. The Morgan fingerprint density at radius 3 is 1.93 bits per heavy atom. The Kier molecular flexibility index (Phi) is 6.95. The van der Waals surface area contributed by atoms with Crippen LogP contribution in [-0.4, -0.2) is 23.9 Å². The number of carbonyl (C=O) groups excluding carboxylic acids is 1. The van der Waals surface area contributed by atoms with E-state index < -0.39 is 0 Å². The van der Waals surface area contributed by atoms with E-state index in [0.29, 0.717) is 0 Å². The van der Waals surface area contributed by atoms with E-state index in [1.807, 2.05) is 18.7 Å². The minimum absolute atomic E-state index is 0.0543. The van der Waals surface area contributed by atoms with Gasteiger partial charge in [0.25, 0.3) is 0 Å². The monoisotopic (exact) mass is 389 g/mol. The molecule has 0 bridgehead atoms. The van der Waals surface area contributed by atoms with E-state index in [-0.39, 0.29) is 11.3 Å². The Hall–Kier alpha value is -2.35. The first-order chi connectivity index (χ1) is 14.2. The van der Waals surface area contributed by atoms with Crippen LogP contribution in [0.1, 0.15) is 69.2 Å². The maximum atomic E-state index is 11.8. The largest absolute Gasteiger partial charge is 0.339 e. The smallest absolute Gasteiger partial charge is 0.219 e. The van der Waals surface area contributed by atoms with Crippen molar-refractivity contribution >= 4 is 5.91 Å². The second-order valence-electron chi connectivity index (χ2n) is 7.91. The fourth-order valence-corrected chi connectivity index (χ4v) is 5.22. The van der Waals surface area contributed by atoms with Crippen molar-refractivity contribution in [3.05, 3.63) is 82.4 Å². The Bertz CT molecular complexity index is 832. The highest BCUT2D eigenvalue weighted by atomic mass is 16.2. The number of nitrogens with zero attached hydrogens (tertiary/aromatic N) is 1. The van der Waals surface area contributed by atoms with Gasteiger partial charge in [-0.3, -0.25) is 4.79 Å². The number of benzene rings is 2. The summed E-state index contributed by atoms with van der Waals surface area (Å²) in [6, 6.07) is 18.1. The summed E-state index contributed by atoms with van der Waals surface area (Å²) in [5, 5.41) is 0. The van der Waals surface area contributed by atoms with Crippen LogP contribution in [0.4, 0.5) is 0 Å². The molecule has 0 saturated heterocycles. The van der Waals surface area contributed by atoms with Gasteiger partial charge in [-0.2, -0.15) is 0 Å². The Morgan fingerprint density at radius 1 is 0.931 bits per heavy atom. The summed E-state index contributed by atoms with van der Waals surface area (Å²) in [5.41, 5.74) is 7.39. The van der Waals surface area contributed by atoms with Crippen molar-refractivity contribution in [2.75, 3.05) is 13.1 Å². The lowest BCUT2D eigenvalue weighted by molar-refractivity contribution is -0.128. The van der Waals surface area contributed by atoms with Crippen LogP contribution in [-0.2, 0) is 23.1 Å². The fourth-order valence-electron chi connectivity index (χ4n) is 5.22. The zero-order chi connectivity index (χ0) is 20.9. The summed E-state index contributed by atoms with van der Waals surface area (Å²) in [5.74, 6) is 0.177. The highest BCUT2D eigenvalue weighted by Gasteiger charge is 2.42. The molecule has 0 atom stereocenters. The molecular formula is C27H35NO. The number of fused-ring (bicyclic) bond motifs is 2. The average Bonchev–Trinajstić information content (AvgIpc) is 2.91. The molecule has 0 aromatic heterocycles. The highest BCUT2D eigenvalue weighted by Crippen LogP contribution is 2.49. The number of carbonyl (C=O) groups is 1. The van der Waals surface area contributed by atoms with Crippen molar-refractivity contribution in [2.45, 2.75) is 65.2 Å². The van der Waals surface area contributed by atoms with Gasteiger partial charge in [0.1, 0.15) is 0 Å². The highest BCUT2D eigenvalue weighted by molar-refractivity contribution is 5.73. The molecule has 1 aliphatic heterocycles. The molecule has 1 amide bonds. The molecule has 0 radical (unpaired) electrons. The predicted octanol–water partition coefficient (Wildman–Crippen LogP) is 6.08. The van der Waals surface area contributed by atoms with Crippen molar-refractivity contribution in [3.8, 4) is 0 Å². The van der Waals surface area contributed by atoms with Gasteiger partial charge < -0.3 is 4.90 Å². The molecule has 2 aliphatic rings. The average molecular weight is 390 g/mol. The van der Waals surface area contributed by atoms with Crippen molar-refractivity contribution in [1.29, 1.82) is 0 Å². The number of hydrogen-bond acceptors (Lipinski definition) is 1.